The van der Waals surface area contributed by atoms with Gasteiger partial charge in [-0.3, -0.25) is 4.79 Å². The van der Waals surface area contributed by atoms with Crippen molar-refractivity contribution in [1.82, 2.24) is 10.6 Å². The Labute approximate surface area is 145 Å². The van der Waals surface area contributed by atoms with Gasteiger partial charge in [0, 0.05) is 6.04 Å². The summed E-state index contributed by atoms with van der Waals surface area (Å²) in [6, 6.07) is 6.33. The van der Waals surface area contributed by atoms with Crippen LogP contribution in [0.2, 0.25) is 0 Å². The van der Waals surface area contributed by atoms with Crippen molar-refractivity contribution in [2.24, 2.45) is 0 Å². The van der Waals surface area contributed by atoms with Crippen molar-refractivity contribution in [3.63, 3.8) is 0 Å². The summed E-state index contributed by atoms with van der Waals surface area (Å²) in [5.74, 6) is 1.22. The second-order valence-corrected chi connectivity index (χ2v) is 6.47. The van der Waals surface area contributed by atoms with Crippen molar-refractivity contribution < 1.29 is 9.53 Å². The summed E-state index contributed by atoms with van der Waals surface area (Å²) in [5, 5.41) is 6.37. The number of hydrogen-bond acceptors (Lipinski definition) is 3. The number of benzene rings is 1. The van der Waals surface area contributed by atoms with E-state index in [4.69, 9.17) is 4.74 Å². The quantitative estimate of drug-likeness (QED) is 0.865. The Morgan fingerprint density at radius 2 is 1.91 bits per heavy atom. The molecule has 2 N–H and O–H groups in total. The molecule has 1 fully saturated rings. The van der Waals surface area contributed by atoms with E-state index in [1.807, 2.05) is 19.1 Å². The van der Waals surface area contributed by atoms with Crippen LogP contribution in [0.1, 0.15) is 50.7 Å². The molecule has 23 heavy (non-hydrogen) atoms. The number of amides is 1. The molecule has 1 heterocycles. The van der Waals surface area contributed by atoms with Crippen LogP contribution in [0.15, 0.2) is 18.2 Å². The minimum atomic E-state index is -0.473. The van der Waals surface area contributed by atoms with Gasteiger partial charge in [-0.25, -0.2) is 0 Å². The molecule has 1 aliphatic heterocycles. The number of piperidine rings is 1. The van der Waals surface area contributed by atoms with E-state index in [0.717, 1.165) is 31.7 Å². The monoisotopic (exact) mass is 340 g/mol. The molecule has 1 unspecified atom stereocenters. The van der Waals surface area contributed by atoms with Crippen LogP contribution in [0, 0.1) is 6.92 Å². The van der Waals surface area contributed by atoms with Crippen LogP contribution < -0.4 is 15.4 Å². The number of carbonyl (C=O) groups excluding carboxylic acids is 1. The summed E-state index contributed by atoms with van der Waals surface area (Å²) in [7, 11) is 0. The Morgan fingerprint density at radius 3 is 2.48 bits per heavy atom. The zero-order valence-corrected chi connectivity index (χ0v) is 15.3. The van der Waals surface area contributed by atoms with Crippen LogP contribution in [-0.4, -0.2) is 31.1 Å². The number of hydrogen-bond donors (Lipinski definition) is 2. The molecule has 0 saturated carbocycles. The number of halogens is 1. The van der Waals surface area contributed by atoms with Crippen molar-refractivity contribution in [3.05, 3.63) is 29.3 Å². The molecule has 1 aliphatic rings. The van der Waals surface area contributed by atoms with Gasteiger partial charge in [0.2, 0.25) is 0 Å². The number of nitrogens with one attached hydrogen (secondary N) is 2. The van der Waals surface area contributed by atoms with Crippen LogP contribution >= 0.6 is 12.4 Å². The molecule has 0 aromatic heterocycles. The van der Waals surface area contributed by atoms with Crippen molar-refractivity contribution in [1.29, 1.82) is 0 Å². The van der Waals surface area contributed by atoms with Crippen molar-refractivity contribution in [2.45, 2.75) is 58.6 Å². The molecular formula is C18H29ClN2O2. The van der Waals surface area contributed by atoms with Crippen LogP contribution in [0.25, 0.3) is 0 Å². The first-order valence-corrected chi connectivity index (χ1v) is 8.25. The van der Waals surface area contributed by atoms with Gasteiger partial charge >= 0.3 is 0 Å². The highest BCUT2D eigenvalue weighted by molar-refractivity contribution is 5.85. The van der Waals surface area contributed by atoms with E-state index in [2.05, 4.69) is 37.5 Å². The minimum absolute atomic E-state index is 0. The molecule has 0 spiro atoms. The second kappa shape index (κ2) is 9.14. The van der Waals surface area contributed by atoms with Crippen molar-refractivity contribution in [2.75, 3.05) is 13.1 Å². The fourth-order valence-electron chi connectivity index (χ4n) is 2.91. The first-order valence-electron chi connectivity index (χ1n) is 8.25. The fraction of sp³-hybridized carbons (Fsp3) is 0.611. The van der Waals surface area contributed by atoms with Gasteiger partial charge in [0.15, 0.2) is 6.10 Å². The van der Waals surface area contributed by atoms with E-state index in [9.17, 15) is 4.79 Å². The van der Waals surface area contributed by atoms with Gasteiger partial charge in [-0.05, 0) is 69.0 Å². The molecule has 1 aromatic carbocycles. The third-order valence-corrected chi connectivity index (χ3v) is 4.23. The highest BCUT2D eigenvalue weighted by Gasteiger charge is 2.20. The van der Waals surface area contributed by atoms with Gasteiger partial charge < -0.3 is 15.4 Å². The molecule has 0 aliphatic carbocycles. The average Bonchev–Trinajstić information content (AvgIpc) is 2.47. The topological polar surface area (TPSA) is 50.4 Å². The zero-order valence-electron chi connectivity index (χ0n) is 14.5. The lowest BCUT2D eigenvalue weighted by Crippen LogP contribution is -2.46. The maximum absolute atomic E-state index is 12.2. The molecule has 5 heteroatoms. The summed E-state index contributed by atoms with van der Waals surface area (Å²) in [6.07, 6.45) is 1.50. The van der Waals surface area contributed by atoms with Gasteiger partial charge in [0.25, 0.3) is 5.91 Å². The number of rotatable bonds is 5. The highest BCUT2D eigenvalue weighted by Crippen LogP contribution is 2.24. The SMILES string of the molecule is Cc1cc(OC(C)C(=O)NC2CCNCC2)ccc1C(C)C.Cl. The van der Waals surface area contributed by atoms with E-state index in [1.54, 1.807) is 0 Å². The van der Waals surface area contributed by atoms with Crippen molar-refractivity contribution >= 4 is 18.3 Å². The Balaban J connectivity index is 0.00000264. The predicted molar refractivity (Wildman–Crippen MR) is 96.6 cm³/mol. The van der Waals surface area contributed by atoms with Crippen LogP contribution in [0.3, 0.4) is 0 Å². The standard InChI is InChI=1S/C18H28N2O2.ClH/c1-12(2)17-6-5-16(11-13(17)3)22-14(4)18(21)20-15-7-9-19-10-8-15;/h5-6,11-12,14-15,19H,7-10H2,1-4H3,(H,20,21);1H. The molecule has 1 amide bonds. The van der Waals surface area contributed by atoms with Gasteiger partial charge in [-0.2, -0.15) is 0 Å². The Hall–Kier alpha value is -1.26. The summed E-state index contributed by atoms with van der Waals surface area (Å²) in [5.41, 5.74) is 2.53. The van der Waals surface area contributed by atoms with Gasteiger partial charge in [-0.1, -0.05) is 19.9 Å². The molecular weight excluding hydrogens is 312 g/mol. The van der Waals surface area contributed by atoms with E-state index in [1.165, 1.54) is 11.1 Å². The summed E-state index contributed by atoms with van der Waals surface area (Å²) >= 11 is 0. The Bertz CT molecular complexity index is 514. The summed E-state index contributed by atoms with van der Waals surface area (Å²) in [4.78, 5) is 12.2. The van der Waals surface area contributed by atoms with E-state index in [0.29, 0.717) is 5.92 Å². The van der Waals surface area contributed by atoms with Crippen molar-refractivity contribution in [3.8, 4) is 5.75 Å². The lowest BCUT2D eigenvalue weighted by atomic mass is 9.98. The minimum Gasteiger partial charge on any atom is -0.481 e. The lowest BCUT2D eigenvalue weighted by molar-refractivity contribution is -0.128. The molecule has 2 rings (SSSR count). The highest BCUT2D eigenvalue weighted by atomic mass is 35.5. The molecule has 1 atom stereocenters. The third kappa shape index (κ3) is 5.70. The number of ether oxygens (including phenoxy) is 1. The molecule has 1 saturated heterocycles. The number of aryl methyl sites for hydroxylation is 1. The van der Waals surface area contributed by atoms with Gasteiger partial charge in [-0.15, -0.1) is 12.4 Å². The Morgan fingerprint density at radius 1 is 1.26 bits per heavy atom. The van der Waals surface area contributed by atoms with E-state index >= 15 is 0 Å². The van der Waals surface area contributed by atoms with Gasteiger partial charge in [0.1, 0.15) is 5.75 Å². The fourth-order valence-corrected chi connectivity index (χ4v) is 2.91. The zero-order chi connectivity index (χ0) is 16.1. The maximum atomic E-state index is 12.2. The maximum Gasteiger partial charge on any atom is 0.260 e. The third-order valence-electron chi connectivity index (χ3n) is 4.23. The van der Waals surface area contributed by atoms with E-state index in [-0.39, 0.29) is 24.4 Å². The van der Waals surface area contributed by atoms with Crippen LogP contribution in [-0.2, 0) is 4.79 Å². The second-order valence-electron chi connectivity index (χ2n) is 6.47. The lowest BCUT2D eigenvalue weighted by Gasteiger charge is -2.25. The average molecular weight is 341 g/mol. The molecule has 0 radical (unpaired) electrons. The van der Waals surface area contributed by atoms with Gasteiger partial charge in [0.05, 0.1) is 0 Å². The molecule has 1 aromatic rings. The molecule has 130 valence electrons. The predicted octanol–water partition coefficient (Wildman–Crippen LogP) is 3.18. The molecule has 0 bridgehead atoms. The Kier molecular flexibility index (Phi) is 7.86. The van der Waals surface area contributed by atoms with Crippen LogP contribution in [0.5, 0.6) is 5.75 Å². The number of carbonyl (C=O) groups is 1. The first kappa shape index (κ1) is 19.8. The normalized spacial score (nSPS) is 16.6. The summed E-state index contributed by atoms with van der Waals surface area (Å²) in [6.45, 7) is 10.2. The first-order chi connectivity index (χ1) is 10.5. The smallest absolute Gasteiger partial charge is 0.260 e. The van der Waals surface area contributed by atoms with Crippen LogP contribution in [0.4, 0.5) is 0 Å². The van der Waals surface area contributed by atoms with E-state index < -0.39 is 6.10 Å². The summed E-state index contributed by atoms with van der Waals surface area (Å²) < 4.78 is 5.81. The molecule has 4 nitrogen and oxygen atoms in total. The largest absolute Gasteiger partial charge is 0.481 e.